The Labute approximate surface area is 112 Å². The minimum Gasteiger partial charge on any atom is -0.342 e. The van der Waals surface area contributed by atoms with E-state index in [0.29, 0.717) is 30.2 Å². The number of halogens is 2. The van der Waals surface area contributed by atoms with Crippen LogP contribution in [0.3, 0.4) is 0 Å². The molecule has 0 spiro atoms. The molecule has 0 radical (unpaired) electrons. The van der Waals surface area contributed by atoms with Gasteiger partial charge in [-0.25, -0.2) is 4.39 Å². The van der Waals surface area contributed by atoms with E-state index in [4.69, 9.17) is 11.6 Å². The summed E-state index contributed by atoms with van der Waals surface area (Å²) in [6, 6.07) is 4.52. The van der Waals surface area contributed by atoms with Crippen LogP contribution in [0.15, 0.2) is 18.2 Å². The minimum atomic E-state index is -0.356. The quantitative estimate of drug-likeness (QED) is 0.863. The summed E-state index contributed by atoms with van der Waals surface area (Å²) in [5.74, 6) is -0.334. The number of carbonyl (C=O) groups excluding carboxylic acids is 1. The molecule has 0 saturated carbocycles. The van der Waals surface area contributed by atoms with Crippen molar-refractivity contribution < 1.29 is 9.18 Å². The van der Waals surface area contributed by atoms with Crippen LogP contribution in [0.5, 0.6) is 0 Å². The number of nitrogens with zero attached hydrogens (tertiary/aromatic N) is 1. The molecule has 100 valence electrons. The number of hydrogen-bond donors (Lipinski definition) is 1. The third-order valence-electron chi connectivity index (χ3n) is 2.72. The van der Waals surface area contributed by atoms with Gasteiger partial charge in [0, 0.05) is 30.2 Å². The van der Waals surface area contributed by atoms with Gasteiger partial charge in [0.25, 0.3) is 0 Å². The largest absolute Gasteiger partial charge is 0.342 e. The van der Waals surface area contributed by atoms with E-state index >= 15 is 0 Å². The van der Waals surface area contributed by atoms with E-state index in [1.165, 1.54) is 6.07 Å². The topological polar surface area (TPSA) is 32.3 Å². The molecule has 0 fully saturated rings. The molecule has 1 N–H and O–H groups in total. The average molecular weight is 273 g/mol. The Morgan fingerprint density at radius 1 is 1.39 bits per heavy atom. The smallest absolute Gasteiger partial charge is 0.236 e. The highest BCUT2D eigenvalue weighted by molar-refractivity contribution is 6.30. The molecule has 0 atom stereocenters. The van der Waals surface area contributed by atoms with E-state index in [2.05, 4.69) is 5.32 Å². The predicted molar refractivity (Wildman–Crippen MR) is 71.0 cm³/mol. The Bertz CT molecular complexity index is 408. The van der Waals surface area contributed by atoms with E-state index in [0.717, 1.165) is 0 Å². The van der Waals surface area contributed by atoms with Crippen LogP contribution in [-0.4, -0.2) is 30.4 Å². The van der Waals surface area contributed by atoms with Gasteiger partial charge in [0.15, 0.2) is 0 Å². The van der Waals surface area contributed by atoms with Gasteiger partial charge in [-0.1, -0.05) is 17.7 Å². The maximum atomic E-state index is 13.4. The molecular weight excluding hydrogens is 255 g/mol. The first kappa shape index (κ1) is 14.9. The lowest BCUT2D eigenvalue weighted by Crippen LogP contribution is -2.37. The molecule has 0 heterocycles. The Hall–Kier alpha value is -1.13. The molecule has 5 heteroatoms. The first-order chi connectivity index (χ1) is 8.58. The minimum absolute atomic E-state index is 0.0226. The second kappa shape index (κ2) is 7.34. The van der Waals surface area contributed by atoms with Gasteiger partial charge in [-0.3, -0.25) is 4.79 Å². The second-order valence-electron chi connectivity index (χ2n) is 3.91. The summed E-state index contributed by atoms with van der Waals surface area (Å²) in [6.45, 7) is 5.76. The fourth-order valence-electron chi connectivity index (χ4n) is 1.66. The van der Waals surface area contributed by atoms with Crippen molar-refractivity contribution in [3.05, 3.63) is 34.6 Å². The summed E-state index contributed by atoms with van der Waals surface area (Å²) in [5.41, 5.74) is 0.506. The summed E-state index contributed by atoms with van der Waals surface area (Å²) in [4.78, 5) is 13.4. The van der Waals surface area contributed by atoms with Gasteiger partial charge in [-0.2, -0.15) is 0 Å². The third kappa shape index (κ3) is 4.27. The van der Waals surface area contributed by atoms with Gasteiger partial charge in [-0.15, -0.1) is 0 Å². The summed E-state index contributed by atoms with van der Waals surface area (Å²) >= 11 is 5.66. The third-order valence-corrected chi connectivity index (χ3v) is 2.96. The molecule has 0 aliphatic heterocycles. The van der Waals surface area contributed by atoms with E-state index in [1.54, 1.807) is 17.0 Å². The molecule has 1 rings (SSSR count). The molecule has 0 unspecified atom stereocenters. The SMILES string of the molecule is CCN(CC)C(=O)CNCc1ccc(Cl)cc1F. The van der Waals surface area contributed by atoms with Gasteiger partial charge in [0.1, 0.15) is 5.82 Å². The van der Waals surface area contributed by atoms with E-state index in [-0.39, 0.29) is 18.3 Å². The Kier molecular flexibility index (Phi) is 6.09. The molecule has 0 aliphatic rings. The van der Waals surface area contributed by atoms with Crippen molar-refractivity contribution in [2.24, 2.45) is 0 Å². The maximum absolute atomic E-state index is 13.4. The maximum Gasteiger partial charge on any atom is 0.236 e. The second-order valence-corrected chi connectivity index (χ2v) is 4.34. The van der Waals surface area contributed by atoms with Gasteiger partial charge in [-0.05, 0) is 26.0 Å². The van der Waals surface area contributed by atoms with Crippen LogP contribution in [0.25, 0.3) is 0 Å². The predicted octanol–water partition coefficient (Wildman–Crippen LogP) is 2.44. The number of amides is 1. The molecule has 1 aromatic carbocycles. The van der Waals surface area contributed by atoms with Crippen LogP contribution in [0.1, 0.15) is 19.4 Å². The first-order valence-electron chi connectivity index (χ1n) is 6.00. The van der Waals surface area contributed by atoms with Crippen molar-refractivity contribution in [2.45, 2.75) is 20.4 Å². The number of hydrogen-bond acceptors (Lipinski definition) is 2. The van der Waals surface area contributed by atoms with Gasteiger partial charge in [0.2, 0.25) is 5.91 Å². The molecule has 0 aromatic heterocycles. The number of benzene rings is 1. The lowest BCUT2D eigenvalue weighted by atomic mass is 10.2. The zero-order chi connectivity index (χ0) is 13.5. The molecule has 0 saturated heterocycles. The van der Waals surface area contributed by atoms with Gasteiger partial charge in [0.05, 0.1) is 6.54 Å². The number of likely N-dealkylation sites (N-methyl/N-ethyl adjacent to an activating group) is 1. The van der Waals surface area contributed by atoms with Crippen molar-refractivity contribution in [3.8, 4) is 0 Å². The first-order valence-corrected chi connectivity index (χ1v) is 6.38. The molecule has 0 aliphatic carbocycles. The van der Waals surface area contributed by atoms with Crippen LogP contribution in [-0.2, 0) is 11.3 Å². The van der Waals surface area contributed by atoms with Crippen LogP contribution < -0.4 is 5.32 Å². The Morgan fingerprint density at radius 3 is 2.61 bits per heavy atom. The van der Waals surface area contributed by atoms with Crippen molar-refractivity contribution in [3.63, 3.8) is 0 Å². The molecular formula is C13H18ClFN2O. The van der Waals surface area contributed by atoms with Crippen LogP contribution in [0, 0.1) is 5.82 Å². The molecule has 0 bridgehead atoms. The van der Waals surface area contributed by atoms with E-state index in [1.807, 2.05) is 13.8 Å². The summed E-state index contributed by atoms with van der Waals surface area (Å²) in [5, 5.41) is 3.31. The lowest BCUT2D eigenvalue weighted by Gasteiger charge is -2.18. The number of carbonyl (C=O) groups is 1. The average Bonchev–Trinajstić information content (AvgIpc) is 2.33. The lowest BCUT2D eigenvalue weighted by molar-refractivity contribution is -0.129. The standard InChI is InChI=1S/C13H18ClFN2O/c1-3-17(4-2)13(18)9-16-8-10-5-6-11(14)7-12(10)15/h5-7,16H,3-4,8-9H2,1-2H3. The number of rotatable bonds is 6. The highest BCUT2D eigenvalue weighted by Gasteiger charge is 2.09. The number of nitrogens with one attached hydrogen (secondary N) is 1. The summed E-state index contributed by atoms with van der Waals surface area (Å²) < 4.78 is 13.4. The van der Waals surface area contributed by atoms with Crippen molar-refractivity contribution in [2.75, 3.05) is 19.6 Å². The summed E-state index contributed by atoms with van der Waals surface area (Å²) in [6.07, 6.45) is 0. The van der Waals surface area contributed by atoms with Crippen LogP contribution in [0.2, 0.25) is 5.02 Å². The zero-order valence-electron chi connectivity index (χ0n) is 10.7. The molecule has 1 amide bonds. The zero-order valence-corrected chi connectivity index (χ0v) is 11.4. The van der Waals surface area contributed by atoms with Gasteiger partial charge < -0.3 is 10.2 Å². The normalized spacial score (nSPS) is 10.4. The molecule has 3 nitrogen and oxygen atoms in total. The van der Waals surface area contributed by atoms with E-state index in [9.17, 15) is 9.18 Å². The van der Waals surface area contributed by atoms with Crippen molar-refractivity contribution in [1.82, 2.24) is 10.2 Å². The fourth-order valence-corrected chi connectivity index (χ4v) is 1.82. The van der Waals surface area contributed by atoms with Crippen LogP contribution in [0.4, 0.5) is 4.39 Å². The van der Waals surface area contributed by atoms with Crippen molar-refractivity contribution >= 4 is 17.5 Å². The molecule has 18 heavy (non-hydrogen) atoms. The Balaban J connectivity index is 2.44. The van der Waals surface area contributed by atoms with Crippen molar-refractivity contribution in [1.29, 1.82) is 0 Å². The fraction of sp³-hybridized carbons (Fsp3) is 0.462. The molecule has 1 aromatic rings. The monoisotopic (exact) mass is 272 g/mol. The van der Waals surface area contributed by atoms with Gasteiger partial charge >= 0.3 is 0 Å². The Morgan fingerprint density at radius 2 is 2.06 bits per heavy atom. The summed E-state index contributed by atoms with van der Waals surface area (Å²) in [7, 11) is 0. The van der Waals surface area contributed by atoms with E-state index < -0.39 is 0 Å². The highest BCUT2D eigenvalue weighted by atomic mass is 35.5. The highest BCUT2D eigenvalue weighted by Crippen LogP contribution is 2.14. The van der Waals surface area contributed by atoms with Crippen LogP contribution >= 0.6 is 11.6 Å².